The molecule has 0 radical (unpaired) electrons. The quantitative estimate of drug-likeness (QED) is 0.782. The number of carbonyl (C=O) groups is 2. The lowest BCUT2D eigenvalue weighted by Crippen LogP contribution is -2.56. The van der Waals surface area contributed by atoms with Gasteiger partial charge in [-0.2, -0.15) is 4.98 Å². The Labute approximate surface area is 177 Å². The molecule has 0 atom stereocenters. The van der Waals surface area contributed by atoms with E-state index in [9.17, 15) is 9.59 Å². The minimum Gasteiger partial charge on any atom is -0.472 e. The number of nitrogens with zero attached hydrogens (tertiary/aromatic N) is 4. The fraction of sp³-hybridized carbons (Fsp3) is 0.714. The monoisotopic (exact) mass is 416 g/mol. The van der Waals surface area contributed by atoms with Gasteiger partial charge in [-0.3, -0.25) is 9.69 Å². The maximum Gasteiger partial charge on any atom is 0.317 e. The minimum atomic E-state index is -0.917. The molecule has 3 aliphatic rings. The van der Waals surface area contributed by atoms with Crippen molar-refractivity contribution in [2.24, 2.45) is 0 Å². The number of aromatic nitrogens is 2. The number of anilines is 2. The summed E-state index contributed by atoms with van der Waals surface area (Å²) in [6.45, 7) is 7.54. The van der Waals surface area contributed by atoms with Crippen LogP contribution in [0.15, 0.2) is 6.20 Å². The van der Waals surface area contributed by atoms with Crippen LogP contribution in [0, 0.1) is 0 Å². The summed E-state index contributed by atoms with van der Waals surface area (Å²) in [4.78, 5) is 37.9. The van der Waals surface area contributed by atoms with Gasteiger partial charge in [0, 0.05) is 31.7 Å². The molecule has 30 heavy (non-hydrogen) atoms. The number of fused-ring (bicyclic) bond motifs is 1. The molecule has 0 spiro atoms. The Balaban J connectivity index is 1.48. The molecule has 1 aromatic rings. The van der Waals surface area contributed by atoms with Crippen LogP contribution in [0.25, 0.3) is 0 Å². The van der Waals surface area contributed by atoms with Crippen LogP contribution in [-0.2, 0) is 4.79 Å². The van der Waals surface area contributed by atoms with Gasteiger partial charge in [-0.25, -0.2) is 9.78 Å². The summed E-state index contributed by atoms with van der Waals surface area (Å²) in [5.74, 6) is 1.60. The molecule has 9 heteroatoms. The van der Waals surface area contributed by atoms with Crippen molar-refractivity contribution in [3.63, 3.8) is 0 Å². The normalized spacial score (nSPS) is 21.9. The van der Waals surface area contributed by atoms with Gasteiger partial charge in [-0.1, -0.05) is 12.8 Å². The summed E-state index contributed by atoms with van der Waals surface area (Å²) in [7, 11) is 0. The predicted molar refractivity (Wildman–Crippen MR) is 114 cm³/mol. The van der Waals surface area contributed by atoms with E-state index in [2.05, 4.69) is 15.6 Å². The van der Waals surface area contributed by atoms with E-state index in [0.717, 1.165) is 38.5 Å². The second kappa shape index (κ2) is 8.28. The smallest absolute Gasteiger partial charge is 0.317 e. The molecule has 3 heterocycles. The molecule has 1 aliphatic carbocycles. The molecular weight excluding hydrogens is 384 g/mol. The summed E-state index contributed by atoms with van der Waals surface area (Å²) in [6.07, 6.45) is 7.57. The Bertz CT molecular complexity index is 800. The molecule has 0 bridgehead atoms. The standard InChI is InChI=1S/C21H32N6O3/c1-4-22-20(29)26-11-9-14(10-12-26)24-19-23-13-16-17(25-19)27(15-7-5-6-8-15)18(28)21(2,3)30-16/h13-15H,4-12H2,1-3H3,(H,22,29)(H,23,24,25). The average molecular weight is 417 g/mol. The van der Waals surface area contributed by atoms with E-state index < -0.39 is 5.60 Å². The van der Waals surface area contributed by atoms with Gasteiger partial charge in [0.15, 0.2) is 17.2 Å². The highest BCUT2D eigenvalue weighted by atomic mass is 16.5. The largest absolute Gasteiger partial charge is 0.472 e. The Morgan fingerprint density at radius 2 is 1.93 bits per heavy atom. The van der Waals surface area contributed by atoms with Crippen molar-refractivity contribution in [1.29, 1.82) is 0 Å². The van der Waals surface area contributed by atoms with Crippen LogP contribution in [0.3, 0.4) is 0 Å². The Hall–Kier alpha value is -2.58. The van der Waals surface area contributed by atoms with E-state index in [1.807, 2.05) is 16.7 Å². The Morgan fingerprint density at radius 1 is 1.23 bits per heavy atom. The highest BCUT2D eigenvalue weighted by molar-refractivity contribution is 6.02. The number of hydrogen-bond donors (Lipinski definition) is 2. The van der Waals surface area contributed by atoms with Gasteiger partial charge in [0.25, 0.3) is 5.91 Å². The molecule has 2 aliphatic heterocycles. The zero-order chi connectivity index (χ0) is 21.3. The lowest BCUT2D eigenvalue weighted by molar-refractivity contribution is -0.133. The number of rotatable bonds is 4. The topological polar surface area (TPSA) is 99.7 Å². The van der Waals surface area contributed by atoms with Crippen LogP contribution in [0.2, 0.25) is 0 Å². The maximum absolute atomic E-state index is 13.1. The van der Waals surface area contributed by atoms with E-state index >= 15 is 0 Å². The molecule has 2 N–H and O–H groups in total. The number of ether oxygens (including phenoxy) is 1. The van der Waals surface area contributed by atoms with Crippen LogP contribution in [0.1, 0.15) is 59.3 Å². The summed E-state index contributed by atoms with van der Waals surface area (Å²) < 4.78 is 5.93. The zero-order valence-electron chi connectivity index (χ0n) is 18.1. The van der Waals surface area contributed by atoms with Gasteiger partial charge in [-0.05, 0) is 46.5 Å². The molecule has 2 fully saturated rings. The molecule has 0 unspecified atom stereocenters. The third-order valence-corrected chi connectivity index (χ3v) is 6.20. The van der Waals surface area contributed by atoms with Crippen molar-refractivity contribution in [3.8, 4) is 5.75 Å². The van der Waals surface area contributed by atoms with E-state index in [1.165, 1.54) is 0 Å². The third-order valence-electron chi connectivity index (χ3n) is 6.20. The molecule has 9 nitrogen and oxygen atoms in total. The number of piperidine rings is 1. The minimum absolute atomic E-state index is 0.00791. The van der Waals surface area contributed by atoms with E-state index in [0.29, 0.717) is 37.1 Å². The Kier molecular flexibility index (Phi) is 5.71. The lowest BCUT2D eigenvalue weighted by Gasteiger charge is -2.40. The first-order valence-corrected chi connectivity index (χ1v) is 11.1. The third kappa shape index (κ3) is 4.02. The first kappa shape index (κ1) is 20.7. The molecule has 3 amide bonds. The fourth-order valence-electron chi connectivity index (χ4n) is 4.55. The first-order valence-electron chi connectivity index (χ1n) is 11.1. The molecule has 1 aromatic heterocycles. The van der Waals surface area contributed by atoms with Crippen molar-refractivity contribution in [3.05, 3.63) is 6.20 Å². The maximum atomic E-state index is 13.1. The second-order valence-corrected chi connectivity index (χ2v) is 8.85. The SMILES string of the molecule is CCNC(=O)N1CCC(Nc2ncc3c(n2)N(C2CCCC2)C(=O)C(C)(C)O3)CC1. The van der Waals surface area contributed by atoms with Gasteiger partial charge in [0.05, 0.1) is 6.20 Å². The summed E-state index contributed by atoms with van der Waals surface area (Å²) in [6, 6.07) is 0.347. The second-order valence-electron chi connectivity index (χ2n) is 8.85. The van der Waals surface area contributed by atoms with Crippen molar-refractivity contribution >= 4 is 23.7 Å². The van der Waals surface area contributed by atoms with Gasteiger partial charge < -0.3 is 20.3 Å². The molecule has 1 saturated heterocycles. The summed E-state index contributed by atoms with van der Waals surface area (Å²) >= 11 is 0. The molecule has 4 rings (SSSR count). The van der Waals surface area contributed by atoms with Crippen LogP contribution < -0.4 is 20.3 Å². The van der Waals surface area contributed by atoms with E-state index in [4.69, 9.17) is 9.72 Å². The fourth-order valence-corrected chi connectivity index (χ4v) is 4.55. The molecular formula is C21H32N6O3. The first-order chi connectivity index (χ1) is 14.4. The van der Waals surface area contributed by atoms with Crippen LogP contribution in [0.4, 0.5) is 16.6 Å². The zero-order valence-corrected chi connectivity index (χ0v) is 18.1. The summed E-state index contributed by atoms with van der Waals surface area (Å²) in [5.41, 5.74) is -0.917. The number of hydrogen-bond acceptors (Lipinski definition) is 6. The molecule has 1 saturated carbocycles. The van der Waals surface area contributed by atoms with Gasteiger partial charge >= 0.3 is 6.03 Å². The lowest BCUT2D eigenvalue weighted by atomic mass is 10.0. The number of amides is 3. The van der Waals surface area contributed by atoms with Gasteiger partial charge in [0.1, 0.15) is 0 Å². The van der Waals surface area contributed by atoms with Crippen molar-refractivity contribution in [2.45, 2.75) is 77.0 Å². The molecule has 0 aromatic carbocycles. The highest BCUT2D eigenvalue weighted by Gasteiger charge is 2.45. The van der Waals surface area contributed by atoms with Gasteiger partial charge in [-0.15, -0.1) is 0 Å². The highest BCUT2D eigenvalue weighted by Crippen LogP contribution is 2.40. The Morgan fingerprint density at radius 3 is 2.60 bits per heavy atom. The van der Waals surface area contributed by atoms with Gasteiger partial charge in [0.2, 0.25) is 5.95 Å². The van der Waals surface area contributed by atoms with Crippen LogP contribution in [0.5, 0.6) is 5.75 Å². The number of nitrogens with one attached hydrogen (secondary N) is 2. The number of likely N-dealkylation sites (tertiary alicyclic amines) is 1. The van der Waals surface area contributed by atoms with Crippen molar-refractivity contribution < 1.29 is 14.3 Å². The van der Waals surface area contributed by atoms with Crippen molar-refractivity contribution in [2.75, 3.05) is 29.9 Å². The molecule has 164 valence electrons. The van der Waals surface area contributed by atoms with E-state index in [1.54, 1.807) is 20.0 Å². The number of urea groups is 1. The predicted octanol–water partition coefficient (Wildman–Crippen LogP) is 2.53. The summed E-state index contributed by atoms with van der Waals surface area (Å²) in [5, 5.41) is 6.24. The van der Waals surface area contributed by atoms with Crippen molar-refractivity contribution in [1.82, 2.24) is 20.2 Å². The van der Waals surface area contributed by atoms with Crippen LogP contribution >= 0.6 is 0 Å². The van der Waals surface area contributed by atoms with E-state index in [-0.39, 0.29) is 24.0 Å². The average Bonchev–Trinajstić information content (AvgIpc) is 3.24. The van der Waals surface area contributed by atoms with Crippen LogP contribution in [-0.4, -0.2) is 64.1 Å². The number of carbonyl (C=O) groups excluding carboxylic acids is 2.